The fraction of sp³-hybridized carbons (Fsp3) is 0.960. The zero-order valence-electron chi connectivity index (χ0n) is 23.6. The first-order valence-electron chi connectivity index (χ1n) is 13.3. The molecule has 1 atom stereocenters. The van der Waals surface area contributed by atoms with Gasteiger partial charge in [0.2, 0.25) is 8.32 Å². The molecule has 0 bridgehead atoms. The Morgan fingerprint density at radius 2 is 1.15 bits per heavy atom. The van der Waals surface area contributed by atoms with E-state index in [1.807, 2.05) is 0 Å². The number of aliphatic carboxylic acids is 1. The largest absolute Gasteiger partial charge is 0.500 e. The van der Waals surface area contributed by atoms with E-state index in [4.69, 9.17) is 17.7 Å². The van der Waals surface area contributed by atoms with Gasteiger partial charge in [0.1, 0.15) is 0 Å². The molecule has 0 fully saturated rings. The van der Waals surface area contributed by atoms with Crippen LogP contribution in [0.15, 0.2) is 0 Å². The van der Waals surface area contributed by atoms with Crippen LogP contribution in [0.3, 0.4) is 0 Å². The smallest absolute Gasteiger partial charge is 0.479 e. The fourth-order valence-electron chi connectivity index (χ4n) is 5.28. The quantitative estimate of drug-likeness (QED) is 0.129. The van der Waals surface area contributed by atoms with Crippen LogP contribution in [0.1, 0.15) is 92.9 Å². The van der Waals surface area contributed by atoms with E-state index in [-0.39, 0.29) is 0 Å². The molecule has 2 N–H and O–H groups in total. The molecule has 9 heteroatoms. The van der Waals surface area contributed by atoms with Crippen molar-refractivity contribution in [1.29, 1.82) is 0 Å². The number of hydrogen-bond donors (Lipinski definition) is 2. The van der Waals surface area contributed by atoms with Gasteiger partial charge in [-0.25, -0.2) is 4.79 Å². The SMILES string of the molecule is CO[Si](CCCCCCCCCCNCC(O[Si](C(C)C)(C(C)C)C(C)C)C(=O)O)(OC)OC. The molecule has 7 nitrogen and oxygen atoms in total. The molecule has 0 aromatic rings. The van der Waals surface area contributed by atoms with Gasteiger partial charge in [0.15, 0.2) is 6.10 Å². The molecule has 0 aliphatic rings. The maximum Gasteiger partial charge on any atom is 0.500 e. The van der Waals surface area contributed by atoms with E-state index in [2.05, 4.69) is 46.9 Å². The van der Waals surface area contributed by atoms with Crippen LogP contribution in [0.4, 0.5) is 0 Å². The van der Waals surface area contributed by atoms with Gasteiger partial charge in [-0.1, -0.05) is 80.1 Å². The summed E-state index contributed by atoms with van der Waals surface area (Å²) in [4.78, 5) is 11.9. The lowest BCUT2D eigenvalue weighted by molar-refractivity contribution is -0.145. The average Bonchev–Trinajstić information content (AvgIpc) is 2.78. The van der Waals surface area contributed by atoms with Crippen molar-refractivity contribution in [3.63, 3.8) is 0 Å². The Labute approximate surface area is 212 Å². The lowest BCUT2D eigenvalue weighted by Crippen LogP contribution is -2.53. The predicted octanol–water partition coefficient (Wildman–Crippen LogP) is 6.22. The van der Waals surface area contributed by atoms with Crippen molar-refractivity contribution in [2.75, 3.05) is 34.4 Å². The minimum atomic E-state index is -2.41. The van der Waals surface area contributed by atoms with E-state index in [9.17, 15) is 9.90 Å². The average molecular weight is 522 g/mol. The van der Waals surface area contributed by atoms with Gasteiger partial charge < -0.3 is 28.1 Å². The van der Waals surface area contributed by atoms with Crippen LogP contribution < -0.4 is 5.32 Å². The number of hydrogen-bond acceptors (Lipinski definition) is 6. The van der Waals surface area contributed by atoms with Crippen LogP contribution in [0.5, 0.6) is 0 Å². The summed E-state index contributed by atoms with van der Waals surface area (Å²) in [5.41, 5.74) is 1.12. The highest BCUT2D eigenvalue weighted by atomic mass is 28.4. The molecule has 0 saturated carbocycles. The van der Waals surface area contributed by atoms with Gasteiger partial charge in [-0.15, -0.1) is 0 Å². The predicted molar refractivity (Wildman–Crippen MR) is 145 cm³/mol. The molecule has 0 aromatic carbocycles. The van der Waals surface area contributed by atoms with Gasteiger partial charge in [-0.05, 0) is 36.0 Å². The maximum absolute atomic E-state index is 11.9. The summed E-state index contributed by atoms with van der Waals surface area (Å²) in [6.07, 6.45) is 8.66. The second kappa shape index (κ2) is 18.0. The lowest BCUT2D eigenvalue weighted by Gasteiger charge is -2.43. The molecule has 34 heavy (non-hydrogen) atoms. The third-order valence-electron chi connectivity index (χ3n) is 7.18. The highest BCUT2D eigenvalue weighted by Gasteiger charge is 2.47. The standard InChI is InChI=1S/C25H55NO6Si2/c1-21(2)34(22(3)4,23(5)6)32-24(25(27)28)20-26-18-16-14-12-10-11-13-15-17-19-33(29-7,30-8)31-9/h21-24,26H,10-20H2,1-9H3,(H,27,28). The second-order valence-corrected chi connectivity index (χ2v) is 18.8. The molecule has 0 aromatic heterocycles. The minimum absolute atomic E-state index is 0.374. The summed E-state index contributed by atoms with van der Waals surface area (Å²) in [5, 5.41) is 13.1. The molecule has 0 aliphatic carbocycles. The molecule has 0 aliphatic heterocycles. The summed E-state index contributed by atoms with van der Waals surface area (Å²) in [6, 6.07) is 0.873. The lowest BCUT2D eigenvalue weighted by atomic mass is 10.1. The van der Waals surface area contributed by atoms with Crippen molar-refractivity contribution in [2.45, 2.75) is 122 Å². The molecular weight excluding hydrogens is 466 g/mol. The van der Waals surface area contributed by atoms with Crippen LogP contribution in [0.2, 0.25) is 22.7 Å². The van der Waals surface area contributed by atoms with Gasteiger partial charge >= 0.3 is 14.8 Å². The Kier molecular flexibility index (Phi) is 17.9. The van der Waals surface area contributed by atoms with Crippen molar-refractivity contribution in [3.05, 3.63) is 0 Å². The third kappa shape index (κ3) is 11.2. The number of rotatable bonds is 22. The molecule has 0 rings (SSSR count). The Bertz CT molecular complexity index is 499. The number of carboxylic acids is 1. The van der Waals surface area contributed by atoms with Crippen LogP contribution in [0, 0.1) is 0 Å². The first kappa shape index (κ1) is 33.7. The highest BCUT2D eigenvalue weighted by molar-refractivity contribution is 6.77. The first-order valence-corrected chi connectivity index (χ1v) is 17.4. The minimum Gasteiger partial charge on any atom is -0.479 e. The first-order chi connectivity index (χ1) is 16.0. The van der Waals surface area contributed by atoms with Gasteiger partial charge in [0, 0.05) is 33.9 Å². The molecule has 0 radical (unpaired) electrons. The van der Waals surface area contributed by atoms with Crippen molar-refractivity contribution < 1.29 is 27.6 Å². The summed E-state index contributed by atoms with van der Waals surface area (Å²) in [5.74, 6) is -0.854. The molecule has 0 saturated heterocycles. The van der Waals surface area contributed by atoms with Crippen LogP contribution in [-0.4, -0.2) is 68.7 Å². The van der Waals surface area contributed by atoms with Crippen LogP contribution in [0.25, 0.3) is 0 Å². The molecular formula is C25H55NO6Si2. The summed E-state index contributed by atoms with van der Waals surface area (Å²) in [6.45, 7) is 14.3. The van der Waals surface area contributed by atoms with Crippen molar-refractivity contribution in [2.24, 2.45) is 0 Å². The normalized spacial score (nSPS) is 13.9. The second-order valence-electron chi connectivity index (χ2n) is 10.3. The monoisotopic (exact) mass is 521 g/mol. The van der Waals surface area contributed by atoms with Gasteiger partial charge in [-0.2, -0.15) is 0 Å². The van der Waals surface area contributed by atoms with Crippen LogP contribution in [-0.2, 0) is 22.5 Å². The zero-order chi connectivity index (χ0) is 26.2. The Morgan fingerprint density at radius 3 is 1.53 bits per heavy atom. The maximum atomic E-state index is 11.9. The number of nitrogens with one attached hydrogen (secondary N) is 1. The number of carbonyl (C=O) groups is 1. The summed E-state index contributed by atoms with van der Waals surface area (Å²) in [7, 11) is 0.384. The van der Waals surface area contributed by atoms with Crippen LogP contribution >= 0.6 is 0 Å². The van der Waals surface area contributed by atoms with E-state index in [0.29, 0.717) is 23.2 Å². The Morgan fingerprint density at radius 1 is 0.735 bits per heavy atom. The fourth-order valence-corrected chi connectivity index (χ4v) is 12.6. The molecule has 1 unspecified atom stereocenters. The number of unbranched alkanes of at least 4 members (excludes halogenated alkanes) is 7. The molecule has 0 heterocycles. The van der Waals surface area contributed by atoms with E-state index in [1.165, 1.54) is 38.5 Å². The Balaban J connectivity index is 4.12. The van der Waals surface area contributed by atoms with Crippen molar-refractivity contribution in [1.82, 2.24) is 5.32 Å². The van der Waals surface area contributed by atoms with E-state index in [0.717, 1.165) is 25.4 Å². The highest BCUT2D eigenvalue weighted by Crippen LogP contribution is 2.43. The summed E-state index contributed by atoms with van der Waals surface area (Å²) < 4.78 is 22.9. The van der Waals surface area contributed by atoms with E-state index >= 15 is 0 Å². The van der Waals surface area contributed by atoms with Crippen molar-refractivity contribution >= 4 is 23.1 Å². The van der Waals surface area contributed by atoms with E-state index < -0.39 is 29.2 Å². The third-order valence-corrected chi connectivity index (χ3v) is 16.1. The molecule has 0 amide bonds. The summed E-state index contributed by atoms with van der Waals surface area (Å²) >= 11 is 0. The zero-order valence-corrected chi connectivity index (χ0v) is 25.6. The van der Waals surface area contributed by atoms with E-state index in [1.54, 1.807) is 21.3 Å². The number of carboxylic acid groups (broad SMARTS) is 1. The van der Waals surface area contributed by atoms with Gasteiger partial charge in [0.05, 0.1) is 0 Å². The molecule has 204 valence electrons. The Hall–Kier alpha value is -0.296. The van der Waals surface area contributed by atoms with Gasteiger partial charge in [-0.3, -0.25) is 0 Å². The van der Waals surface area contributed by atoms with Gasteiger partial charge in [0.25, 0.3) is 0 Å². The molecule has 0 spiro atoms. The topological polar surface area (TPSA) is 86.3 Å². The van der Waals surface area contributed by atoms with Crippen molar-refractivity contribution in [3.8, 4) is 0 Å².